The van der Waals surface area contributed by atoms with E-state index < -0.39 is 0 Å². The van der Waals surface area contributed by atoms with Crippen LogP contribution in [0.15, 0.2) is 36.7 Å². The summed E-state index contributed by atoms with van der Waals surface area (Å²) in [6.45, 7) is 2.02. The van der Waals surface area contributed by atoms with Gasteiger partial charge in [-0.1, -0.05) is 18.6 Å². The van der Waals surface area contributed by atoms with Crippen LogP contribution in [-0.4, -0.2) is 34.1 Å². The summed E-state index contributed by atoms with van der Waals surface area (Å²) < 4.78 is 16.0. The lowest BCUT2D eigenvalue weighted by Crippen LogP contribution is -2.39. The number of aromatic nitrogens is 2. The fraction of sp³-hybridized carbons (Fsp3) is 0.438. The Bertz CT molecular complexity index is 579. The molecule has 0 spiro atoms. The molecule has 0 bridgehead atoms. The molecule has 0 radical (unpaired) electrons. The van der Waals surface area contributed by atoms with Crippen molar-refractivity contribution in [1.82, 2.24) is 14.5 Å². The molecule has 1 atom stereocenters. The third-order valence-electron chi connectivity index (χ3n) is 4.16. The Hall–Kier alpha value is -1.68. The molecule has 1 unspecified atom stereocenters. The van der Waals surface area contributed by atoms with Gasteiger partial charge in [0.2, 0.25) is 0 Å². The van der Waals surface area contributed by atoms with E-state index in [0.717, 1.165) is 18.9 Å². The van der Waals surface area contributed by atoms with E-state index in [1.807, 2.05) is 12.3 Å². The zero-order chi connectivity index (χ0) is 13.9. The van der Waals surface area contributed by atoms with Crippen molar-refractivity contribution < 1.29 is 4.39 Å². The van der Waals surface area contributed by atoms with Gasteiger partial charge in [0, 0.05) is 25.0 Å². The van der Waals surface area contributed by atoms with Gasteiger partial charge in [0.15, 0.2) is 0 Å². The first-order valence-corrected chi connectivity index (χ1v) is 7.22. The predicted molar refractivity (Wildman–Crippen MR) is 77.9 cm³/mol. The Morgan fingerprint density at radius 1 is 1.30 bits per heavy atom. The minimum Gasteiger partial charge on any atom is -0.329 e. The number of hydrogen-bond donors (Lipinski definition) is 0. The average molecular weight is 273 g/mol. The summed E-state index contributed by atoms with van der Waals surface area (Å²) in [6.07, 6.45) is 7.45. The zero-order valence-corrected chi connectivity index (χ0v) is 11.8. The van der Waals surface area contributed by atoms with Crippen molar-refractivity contribution in [3.8, 4) is 11.4 Å². The molecule has 2 aromatic rings. The van der Waals surface area contributed by atoms with Gasteiger partial charge in [-0.05, 0) is 38.6 Å². The number of piperidine rings is 1. The van der Waals surface area contributed by atoms with Crippen LogP contribution in [0.25, 0.3) is 11.4 Å². The van der Waals surface area contributed by atoms with Crippen molar-refractivity contribution in [3.05, 3.63) is 42.5 Å². The van der Waals surface area contributed by atoms with Gasteiger partial charge >= 0.3 is 0 Å². The molecule has 1 fully saturated rings. The highest BCUT2D eigenvalue weighted by Gasteiger charge is 2.21. The van der Waals surface area contributed by atoms with Gasteiger partial charge in [0.25, 0.3) is 0 Å². The molecule has 20 heavy (non-hydrogen) atoms. The van der Waals surface area contributed by atoms with Crippen LogP contribution in [-0.2, 0) is 6.54 Å². The fourth-order valence-electron chi connectivity index (χ4n) is 2.95. The van der Waals surface area contributed by atoms with Crippen molar-refractivity contribution in [2.75, 3.05) is 13.6 Å². The summed E-state index contributed by atoms with van der Waals surface area (Å²) in [7, 11) is 2.17. The molecule has 2 heterocycles. The summed E-state index contributed by atoms with van der Waals surface area (Å²) in [6, 6.07) is 7.36. The zero-order valence-electron chi connectivity index (χ0n) is 11.8. The first-order valence-electron chi connectivity index (χ1n) is 7.22. The normalized spacial score (nSPS) is 20.2. The van der Waals surface area contributed by atoms with Gasteiger partial charge < -0.3 is 9.47 Å². The highest BCUT2D eigenvalue weighted by Crippen LogP contribution is 2.23. The van der Waals surface area contributed by atoms with E-state index in [9.17, 15) is 4.39 Å². The highest BCUT2D eigenvalue weighted by atomic mass is 19.1. The van der Waals surface area contributed by atoms with Gasteiger partial charge in [-0.2, -0.15) is 0 Å². The third kappa shape index (κ3) is 2.61. The van der Waals surface area contributed by atoms with Gasteiger partial charge in [-0.25, -0.2) is 9.37 Å². The second kappa shape index (κ2) is 5.75. The molecule has 1 aromatic heterocycles. The number of benzene rings is 1. The van der Waals surface area contributed by atoms with Crippen molar-refractivity contribution in [3.63, 3.8) is 0 Å². The van der Waals surface area contributed by atoms with Crippen LogP contribution >= 0.6 is 0 Å². The number of halogens is 1. The lowest BCUT2D eigenvalue weighted by molar-refractivity contribution is 0.168. The molecule has 1 saturated heterocycles. The van der Waals surface area contributed by atoms with E-state index in [-0.39, 0.29) is 5.82 Å². The number of imidazole rings is 1. The summed E-state index contributed by atoms with van der Waals surface area (Å²) in [4.78, 5) is 6.74. The second-order valence-corrected chi connectivity index (χ2v) is 5.51. The molecule has 0 N–H and O–H groups in total. The quantitative estimate of drug-likeness (QED) is 0.856. The Morgan fingerprint density at radius 2 is 2.15 bits per heavy atom. The van der Waals surface area contributed by atoms with Crippen LogP contribution in [0.4, 0.5) is 4.39 Å². The van der Waals surface area contributed by atoms with E-state index in [0.29, 0.717) is 11.6 Å². The minimum atomic E-state index is -0.211. The molecular weight excluding hydrogens is 253 g/mol. The molecule has 1 aliphatic rings. The largest absolute Gasteiger partial charge is 0.329 e. The summed E-state index contributed by atoms with van der Waals surface area (Å²) in [5, 5.41) is 0. The summed E-state index contributed by atoms with van der Waals surface area (Å²) in [5.41, 5.74) is 0.580. The Morgan fingerprint density at radius 3 is 2.95 bits per heavy atom. The third-order valence-corrected chi connectivity index (χ3v) is 4.16. The first kappa shape index (κ1) is 13.3. The number of likely N-dealkylation sites (tertiary alicyclic amines) is 1. The molecule has 106 valence electrons. The highest BCUT2D eigenvalue weighted by molar-refractivity contribution is 5.56. The van der Waals surface area contributed by atoms with Crippen molar-refractivity contribution in [2.45, 2.75) is 31.8 Å². The van der Waals surface area contributed by atoms with Gasteiger partial charge in [0.1, 0.15) is 11.6 Å². The lowest BCUT2D eigenvalue weighted by atomic mass is 10.0. The molecule has 4 heteroatoms. The van der Waals surface area contributed by atoms with E-state index >= 15 is 0 Å². The predicted octanol–water partition coefficient (Wildman–Crippen LogP) is 3.17. The Kier molecular flexibility index (Phi) is 3.83. The molecule has 1 aliphatic heterocycles. The smallest absolute Gasteiger partial charge is 0.142 e. The van der Waals surface area contributed by atoms with Crippen LogP contribution in [0.2, 0.25) is 0 Å². The van der Waals surface area contributed by atoms with Crippen molar-refractivity contribution in [2.24, 2.45) is 0 Å². The summed E-state index contributed by atoms with van der Waals surface area (Å²) >= 11 is 0. The molecule has 0 amide bonds. The van der Waals surface area contributed by atoms with Gasteiger partial charge in [-0.15, -0.1) is 0 Å². The van der Waals surface area contributed by atoms with Crippen molar-refractivity contribution >= 4 is 0 Å². The fourth-order valence-corrected chi connectivity index (χ4v) is 2.95. The van der Waals surface area contributed by atoms with Crippen LogP contribution in [0.5, 0.6) is 0 Å². The number of rotatable bonds is 3. The van der Waals surface area contributed by atoms with E-state index in [4.69, 9.17) is 0 Å². The Labute approximate surface area is 119 Å². The van der Waals surface area contributed by atoms with Crippen LogP contribution in [0.1, 0.15) is 19.3 Å². The maximum Gasteiger partial charge on any atom is 0.142 e. The molecule has 3 nitrogen and oxygen atoms in total. The lowest BCUT2D eigenvalue weighted by Gasteiger charge is -2.33. The average Bonchev–Trinajstić information content (AvgIpc) is 2.90. The number of nitrogens with zero attached hydrogens (tertiary/aromatic N) is 3. The summed E-state index contributed by atoms with van der Waals surface area (Å²) in [5.74, 6) is 0.513. The number of hydrogen-bond acceptors (Lipinski definition) is 2. The second-order valence-electron chi connectivity index (χ2n) is 5.51. The SMILES string of the molecule is CN1CCCCC1Cn1ccnc1-c1ccccc1F. The minimum absolute atomic E-state index is 0.211. The molecular formula is C16H20FN3. The molecule has 0 saturated carbocycles. The molecule has 1 aromatic carbocycles. The maximum absolute atomic E-state index is 13.9. The van der Waals surface area contributed by atoms with E-state index in [1.165, 1.54) is 25.3 Å². The van der Waals surface area contributed by atoms with Crippen LogP contribution < -0.4 is 0 Å². The van der Waals surface area contributed by atoms with Gasteiger partial charge in [-0.3, -0.25) is 0 Å². The maximum atomic E-state index is 13.9. The molecule has 3 rings (SSSR count). The van der Waals surface area contributed by atoms with E-state index in [1.54, 1.807) is 18.3 Å². The monoisotopic (exact) mass is 273 g/mol. The van der Waals surface area contributed by atoms with Crippen LogP contribution in [0.3, 0.4) is 0 Å². The van der Waals surface area contributed by atoms with Crippen molar-refractivity contribution in [1.29, 1.82) is 0 Å². The van der Waals surface area contributed by atoms with Crippen LogP contribution in [0, 0.1) is 5.82 Å². The topological polar surface area (TPSA) is 21.1 Å². The van der Waals surface area contributed by atoms with E-state index in [2.05, 4.69) is 21.5 Å². The van der Waals surface area contributed by atoms with Gasteiger partial charge in [0.05, 0.1) is 5.56 Å². The first-order chi connectivity index (χ1) is 9.75. The number of likely N-dealkylation sites (N-methyl/N-ethyl adjacent to an activating group) is 1. The standard InChI is InChI=1S/C16H20FN3/c1-19-10-5-4-6-13(19)12-20-11-9-18-16(20)14-7-2-3-8-15(14)17/h2-3,7-9,11,13H,4-6,10,12H2,1H3. The molecule has 0 aliphatic carbocycles. The Balaban J connectivity index is 1.85.